The summed E-state index contributed by atoms with van der Waals surface area (Å²) in [5.74, 6) is 0.528. The Morgan fingerprint density at radius 2 is 2.33 bits per heavy atom. The van der Waals surface area contributed by atoms with Gasteiger partial charge in [0.25, 0.3) is 0 Å². The number of likely N-dealkylation sites (tertiary alicyclic amines) is 1. The highest BCUT2D eigenvalue weighted by Gasteiger charge is 2.31. The van der Waals surface area contributed by atoms with E-state index in [0.29, 0.717) is 12.0 Å². The molecule has 2 heterocycles. The van der Waals surface area contributed by atoms with E-state index >= 15 is 0 Å². The van der Waals surface area contributed by atoms with Crippen LogP contribution in [0.1, 0.15) is 26.7 Å². The maximum Gasteiger partial charge on any atom is 0.329 e. The Bertz CT molecular complexity index is 332. The van der Waals surface area contributed by atoms with Crippen LogP contribution in [0, 0.1) is 5.92 Å². The van der Waals surface area contributed by atoms with Crippen molar-refractivity contribution >= 4 is 6.03 Å². The second-order valence-corrected chi connectivity index (χ2v) is 4.40. The van der Waals surface area contributed by atoms with Gasteiger partial charge in [0, 0.05) is 25.0 Å². The van der Waals surface area contributed by atoms with E-state index in [9.17, 15) is 4.79 Å². The van der Waals surface area contributed by atoms with Crippen LogP contribution in [-0.2, 0) is 0 Å². The first-order valence-corrected chi connectivity index (χ1v) is 5.49. The van der Waals surface area contributed by atoms with Gasteiger partial charge in [0.2, 0.25) is 0 Å². The first-order valence-electron chi connectivity index (χ1n) is 5.49. The molecule has 1 aliphatic rings. The summed E-state index contributed by atoms with van der Waals surface area (Å²) in [5, 5.41) is 0. The Hall–Kier alpha value is -1.32. The van der Waals surface area contributed by atoms with Gasteiger partial charge in [-0.3, -0.25) is 4.57 Å². The fraction of sp³-hybridized carbons (Fsp3) is 0.636. The molecule has 1 aromatic heterocycles. The van der Waals surface area contributed by atoms with Crippen LogP contribution in [0.2, 0.25) is 0 Å². The molecule has 0 saturated carbocycles. The fourth-order valence-corrected chi connectivity index (χ4v) is 2.24. The summed E-state index contributed by atoms with van der Waals surface area (Å²) in [5.41, 5.74) is 0. The number of carbonyl (C=O) groups is 1. The van der Waals surface area contributed by atoms with Gasteiger partial charge in [-0.15, -0.1) is 0 Å². The summed E-state index contributed by atoms with van der Waals surface area (Å²) in [6.45, 7) is 5.22. The largest absolute Gasteiger partial charge is 0.329 e. The lowest BCUT2D eigenvalue weighted by Gasteiger charge is -2.27. The Balaban J connectivity index is 2.13. The zero-order chi connectivity index (χ0) is 10.8. The van der Waals surface area contributed by atoms with Crippen molar-refractivity contribution in [1.29, 1.82) is 0 Å². The van der Waals surface area contributed by atoms with Crippen molar-refractivity contribution < 1.29 is 4.79 Å². The highest BCUT2D eigenvalue weighted by Crippen LogP contribution is 2.24. The van der Waals surface area contributed by atoms with Crippen molar-refractivity contribution in [2.75, 3.05) is 6.54 Å². The van der Waals surface area contributed by atoms with Crippen molar-refractivity contribution in [3.8, 4) is 0 Å². The molecule has 1 amide bonds. The van der Waals surface area contributed by atoms with Crippen LogP contribution in [0.15, 0.2) is 18.7 Å². The fourth-order valence-electron chi connectivity index (χ4n) is 2.24. The molecule has 82 valence electrons. The first-order chi connectivity index (χ1) is 7.20. The molecular weight excluding hydrogens is 190 g/mol. The average Bonchev–Trinajstić information content (AvgIpc) is 2.88. The molecule has 1 unspecified atom stereocenters. The van der Waals surface area contributed by atoms with Gasteiger partial charge < -0.3 is 4.90 Å². The molecule has 0 N–H and O–H groups in total. The minimum absolute atomic E-state index is 0.0590. The molecule has 0 spiro atoms. The van der Waals surface area contributed by atoms with Crippen molar-refractivity contribution in [2.24, 2.45) is 5.92 Å². The van der Waals surface area contributed by atoms with Gasteiger partial charge in [-0.2, -0.15) is 0 Å². The van der Waals surface area contributed by atoms with Gasteiger partial charge in [-0.25, -0.2) is 9.78 Å². The molecule has 4 heteroatoms. The highest BCUT2D eigenvalue weighted by molar-refractivity contribution is 5.77. The molecule has 2 rings (SSSR count). The summed E-state index contributed by atoms with van der Waals surface area (Å²) in [4.78, 5) is 17.9. The minimum atomic E-state index is 0.0590. The van der Waals surface area contributed by atoms with Crippen LogP contribution in [0.25, 0.3) is 0 Å². The standard InChI is InChI=1S/C11H17N3O/c1-9(2)10-4-3-6-14(10)11(15)13-7-5-12-8-13/h5,7-10H,3-4,6H2,1-2H3. The molecule has 0 bridgehead atoms. The average molecular weight is 207 g/mol. The van der Waals surface area contributed by atoms with Crippen LogP contribution in [-0.4, -0.2) is 33.1 Å². The number of nitrogens with zero attached hydrogens (tertiary/aromatic N) is 3. The Morgan fingerprint density at radius 1 is 1.53 bits per heavy atom. The van der Waals surface area contributed by atoms with E-state index in [2.05, 4.69) is 18.8 Å². The summed E-state index contributed by atoms with van der Waals surface area (Å²) in [6.07, 6.45) is 7.15. The molecule has 1 aliphatic heterocycles. The third-order valence-electron chi connectivity index (χ3n) is 3.04. The van der Waals surface area contributed by atoms with Crippen molar-refractivity contribution in [1.82, 2.24) is 14.5 Å². The second kappa shape index (κ2) is 4.04. The van der Waals surface area contributed by atoms with Crippen molar-refractivity contribution in [3.63, 3.8) is 0 Å². The summed E-state index contributed by atoms with van der Waals surface area (Å²) >= 11 is 0. The lowest BCUT2D eigenvalue weighted by atomic mass is 10.0. The van der Waals surface area contributed by atoms with E-state index in [4.69, 9.17) is 0 Å². The molecular formula is C11H17N3O. The van der Waals surface area contributed by atoms with E-state index in [1.807, 2.05) is 4.90 Å². The lowest BCUT2D eigenvalue weighted by molar-refractivity contribution is 0.180. The number of imidazole rings is 1. The molecule has 0 aliphatic carbocycles. The van der Waals surface area contributed by atoms with E-state index < -0.39 is 0 Å². The molecule has 0 radical (unpaired) electrons. The molecule has 1 atom stereocenters. The predicted octanol–water partition coefficient (Wildman–Crippen LogP) is 1.97. The quantitative estimate of drug-likeness (QED) is 0.706. The predicted molar refractivity (Wildman–Crippen MR) is 57.6 cm³/mol. The molecule has 1 aromatic rings. The maximum atomic E-state index is 12.1. The monoisotopic (exact) mass is 207 g/mol. The van der Waals surface area contributed by atoms with Crippen LogP contribution >= 0.6 is 0 Å². The molecule has 1 fully saturated rings. The van der Waals surface area contributed by atoms with E-state index in [-0.39, 0.29) is 6.03 Å². The van der Waals surface area contributed by atoms with Gasteiger partial charge in [-0.1, -0.05) is 13.8 Å². The Morgan fingerprint density at radius 3 is 2.93 bits per heavy atom. The molecule has 15 heavy (non-hydrogen) atoms. The number of hydrogen-bond acceptors (Lipinski definition) is 2. The van der Waals surface area contributed by atoms with Crippen molar-refractivity contribution in [3.05, 3.63) is 18.7 Å². The summed E-state index contributed by atoms with van der Waals surface area (Å²) in [7, 11) is 0. The summed E-state index contributed by atoms with van der Waals surface area (Å²) in [6, 6.07) is 0.448. The lowest BCUT2D eigenvalue weighted by Crippen LogP contribution is -2.40. The Kier molecular flexibility index (Phi) is 2.75. The van der Waals surface area contributed by atoms with Gasteiger partial charge in [-0.05, 0) is 18.8 Å². The normalized spacial score (nSPS) is 21.3. The maximum absolute atomic E-state index is 12.1. The zero-order valence-electron chi connectivity index (χ0n) is 9.26. The third-order valence-corrected chi connectivity index (χ3v) is 3.04. The van der Waals surface area contributed by atoms with Crippen molar-refractivity contribution in [2.45, 2.75) is 32.7 Å². The van der Waals surface area contributed by atoms with Gasteiger partial charge in [0.15, 0.2) is 0 Å². The SMILES string of the molecule is CC(C)C1CCCN1C(=O)n1ccnc1. The molecule has 4 nitrogen and oxygen atoms in total. The van der Waals surface area contributed by atoms with Gasteiger partial charge in [0.1, 0.15) is 6.33 Å². The number of rotatable bonds is 1. The topological polar surface area (TPSA) is 38.1 Å². The molecule has 0 aromatic carbocycles. The number of amides is 1. The number of aromatic nitrogens is 2. The number of hydrogen-bond donors (Lipinski definition) is 0. The third kappa shape index (κ3) is 1.89. The minimum Gasteiger partial charge on any atom is -0.321 e. The first kappa shape index (κ1) is 10.2. The zero-order valence-corrected chi connectivity index (χ0v) is 9.26. The van der Waals surface area contributed by atoms with E-state index in [0.717, 1.165) is 19.4 Å². The smallest absolute Gasteiger partial charge is 0.321 e. The highest BCUT2D eigenvalue weighted by atomic mass is 16.2. The Labute approximate surface area is 89.9 Å². The van der Waals surface area contributed by atoms with Crippen LogP contribution in [0.4, 0.5) is 4.79 Å². The summed E-state index contributed by atoms with van der Waals surface area (Å²) < 4.78 is 1.56. The van der Waals surface area contributed by atoms with Gasteiger partial charge in [0.05, 0.1) is 0 Å². The van der Waals surface area contributed by atoms with E-state index in [1.54, 1.807) is 23.3 Å². The van der Waals surface area contributed by atoms with Crippen LogP contribution < -0.4 is 0 Å². The molecule has 1 saturated heterocycles. The second-order valence-electron chi connectivity index (χ2n) is 4.40. The van der Waals surface area contributed by atoms with E-state index in [1.165, 1.54) is 0 Å². The van der Waals surface area contributed by atoms with Gasteiger partial charge >= 0.3 is 6.03 Å². The van der Waals surface area contributed by atoms with Crippen LogP contribution in [0.5, 0.6) is 0 Å². The van der Waals surface area contributed by atoms with Crippen LogP contribution in [0.3, 0.4) is 0 Å². The number of carbonyl (C=O) groups excluding carboxylic acids is 1.